The number of quaternary nitrogens is 1. The Morgan fingerprint density at radius 3 is 2.17 bits per heavy atom. The van der Waals surface area contributed by atoms with Crippen LogP contribution in [0.15, 0.2) is 0 Å². The summed E-state index contributed by atoms with van der Waals surface area (Å²) in [5.74, 6) is 0.910. The number of hydrogen-bond donors (Lipinski definition) is 3. The fourth-order valence-corrected chi connectivity index (χ4v) is 3.40. The van der Waals surface area contributed by atoms with Crippen molar-refractivity contribution in [3.63, 3.8) is 0 Å². The summed E-state index contributed by atoms with van der Waals surface area (Å²) in [5.41, 5.74) is 0. The molecule has 0 spiro atoms. The Morgan fingerprint density at radius 1 is 1.08 bits per heavy atom. The van der Waals surface area contributed by atoms with Gasteiger partial charge in [-0.15, -0.1) is 0 Å². The van der Waals surface area contributed by atoms with Gasteiger partial charge in [-0.2, -0.15) is 0 Å². The third-order valence-corrected chi connectivity index (χ3v) is 5.41. The maximum Gasteiger partial charge on any atom is 0.243 e. The molecule has 5 heteroatoms. The van der Waals surface area contributed by atoms with Crippen LogP contribution in [0.5, 0.6) is 0 Å². The van der Waals surface area contributed by atoms with Crippen molar-refractivity contribution >= 4 is 11.8 Å². The number of nitrogens with one attached hydrogen (secondary N) is 3. The molecule has 2 amide bonds. The molecule has 1 fully saturated rings. The van der Waals surface area contributed by atoms with Crippen LogP contribution >= 0.6 is 0 Å². The summed E-state index contributed by atoms with van der Waals surface area (Å²) >= 11 is 0. The molecule has 0 bridgehead atoms. The standard InChI is InChI=1S/C19H37N3O2/c1-6-22(7-2)13-12-20-19(24)17(14(3)4)21-18(23)16-10-8-15(5)9-11-16/h14-17H,6-13H2,1-5H3,(H,20,24)(H,21,23)/p+1/t15?,16?,17-/m0/s1. The van der Waals surface area contributed by atoms with Crippen molar-refractivity contribution in [2.75, 3.05) is 26.2 Å². The molecule has 1 aliphatic carbocycles. The highest BCUT2D eigenvalue weighted by atomic mass is 16.2. The molecule has 1 aliphatic rings. The third kappa shape index (κ3) is 6.80. The highest BCUT2D eigenvalue weighted by molar-refractivity contribution is 5.88. The molecule has 5 nitrogen and oxygen atoms in total. The van der Waals surface area contributed by atoms with Gasteiger partial charge in [0.2, 0.25) is 11.8 Å². The summed E-state index contributed by atoms with van der Waals surface area (Å²) in [7, 11) is 0. The molecule has 0 heterocycles. The lowest BCUT2D eigenvalue weighted by molar-refractivity contribution is -0.895. The van der Waals surface area contributed by atoms with E-state index in [2.05, 4.69) is 31.4 Å². The minimum atomic E-state index is -0.427. The number of hydrogen-bond acceptors (Lipinski definition) is 2. The predicted octanol–water partition coefficient (Wildman–Crippen LogP) is 0.994. The first kappa shape index (κ1) is 20.9. The van der Waals surface area contributed by atoms with Crippen molar-refractivity contribution in [3.8, 4) is 0 Å². The maximum atomic E-state index is 12.5. The summed E-state index contributed by atoms with van der Waals surface area (Å²) in [6, 6.07) is -0.427. The molecule has 0 aromatic rings. The van der Waals surface area contributed by atoms with E-state index < -0.39 is 6.04 Å². The molecular formula is C19H38N3O2+. The zero-order chi connectivity index (χ0) is 18.1. The second kappa shape index (κ2) is 10.7. The molecule has 3 N–H and O–H groups in total. The average molecular weight is 341 g/mol. The summed E-state index contributed by atoms with van der Waals surface area (Å²) in [6.07, 6.45) is 4.13. The highest BCUT2D eigenvalue weighted by Gasteiger charge is 2.29. The lowest BCUT2D eigenvalue weighted by atomic mass is 9.82. The van der Waals surface area contributed by atoms with Crippen LogP contribution in [0.2, 0.25) is 0 Å². The van der Waals surface area contributed by atoms with Crippen LogP contribution in [0, 0.1) is 17.8 Å². The van der Waals surface area contributed by atoms with E-state index in [9.17, 15) is 9.59 Å². The van der Waals surface area contributed by atoms with Crippen LogP contribution in [0.1, 0.15) is 60.3 Å². The Morgan fingerprint density at radius 2 is 1.67 bits per heavy atom. The summed E-state index contributed by atoms with van der Waals surface area (Å²) in [5, 5.41) is 6.01. The zero-order valence-corrected chi connectivity index (χ0v) is 16.3. The van der Waals surface area contributed by atoms with Crippen molar-refractivity contribution in [2.24, 2.45) is 17.8 Å². The Kier molecular flexibility index (Phi) is 9.34. The van der Waals surface area contributed by atoms with Gasteiger partial charge >= 0.3 is 0 Å². The molecule has 0 unspecified atom stereocenters. The van der Waals surface area contributed by atoms with Gasteiger partial charge in [-0.3, -0.25) is 9.59 Å². The summed E-state index contributed by atoms with van der Waals surface area (Å²) in [6.45, 7) is 14.3. The largest absolute Gasteiger partial charge is 0.349 e. The van der Waals surface area contributed by atoms with Crippen molar-refractivity contribution in [1.29, 1.82) is 0 Å². The fraction of sp³-hybridized carbons (Fsp3) is 0.895. The molecule has 1 saturated carbocycles. The second-order valence-electron chi connectivity index (χ2n) is 7.69. The SMILES string of the molecule is CC[NH+](CC)CCNC(=O)[C@@H](NC(=O)C1CCC(C)CC1)C(C)C. The van der Waals surface area contributed by atoms with Crippen LogP contribution in [0.25, 0.3) is 0 Å². The van der Waals surface area contributed by atoms with E-state index in [-0.39, 0.29) is 23.7 Å². The van der Waals surface area contributed by atoms with Crippen molar-refractivity contribution in [2.45, 2.75) is 66.3 Å². The monoisotopic (exact) mass is 340 g/mol. The molecule has 0 aliphatic heterocycles. The molecule has 0 aromatic carbocycles. The van der Waals surface area contributed by atoms with E-state index in [0.717, 1.165) is 51.2 Å². The van der Waals surface area contributed by atoms with Gasteiger partial charge in [0.05, 0.1) is 26.2 Å². The smallest absolute Gasteiger partial charge is 0.243 e. The lowest BCUT2D eigenvalue weighted by Gasteiger charge is -2.28. The van der Waals surface area contributed by atoms with E-state index in [1.165, 1.54) is 4.90 Å². The molecular weight excluding hydrogens is 302 g/mol. The van der Waals surface area contributed by atoms with Crippen LogP contribution in [-0.2, 0) is 9.59 Å². The number of amides is 2. The number of carbonyl (C=O) groups is 2. The van der Waals surface area contributed by atoms with Crippen molar-refractivity contribution in [3.05, 3.63) is 0 Å². The zero-order valence-electron chi connectivity index (χ0n) is 16.3. The van der Waals surface area contributed by atoms with Gasteiger partial charge in [0.25, 0.3) is 0 Å². The van der Waals surface area contributed by atoms with E-state index in [4.69, 9.17) is 0 Å². The Balaban J connectivity index is 2.47. The number of rotatable bonds is 9. The van der Waals surface area contributed by atoms with Gasteiger partial charge in [0, 0.05) is 5.92 Å². The van der Waals surface area contributed by atoms with Gasteiger partial charge in [0.15, 0.2) is 0 Å². The minimum absolute atomic E-state index is 0.0471. The third-order valence-electron chi connectivity index (χ3n) is 5.41. The van der Waals surface area contributed by atoms with E-state index in [0.29, 0.717) is 6.54 Å². The van der Waals surface area contributed by atoms with Crippen LogP contribution < -0.4 is 15.5 Å². The molecule has 0 radical (unpaired) electrons. The van der Waals surface area contributed by atoms with Crippen molar-refractivity contribution in [1.82, 2.24) is 10.6 Å². The Hall–Kier alpha value is -1.10. The number of likely N-dealkylation sites (N-methyl/N-ethyl adjacent to an activating group) is 1. The van der Waals surface area contributed by atoms with Crippen LogP contribution in [-0.4, -0.2) is 44.0 Å². The first-order valence-electron chi connectivity index (χ1n) is 9.80. The molecule has 140 valence electrons. The molecule has 0 aromatic heterocycles. The van der Waals surface area contributed by atoms with E-state index in [1.54, 1.807) is 0 Å². The molecule has 0 saturated heterocycles. The summed E-state index contributed by atoms with van der Waals surface area (Å²) in [4.78, 5) is 26.5. The first-order valence-corrected chi connectivity index (χ1v) is 9.80. The average Bonchev–Trinajstić information content (AvgIpc) is 2.56. The molecule has 1 atom stereocenters. The topological polar surface area (TPSA) is 62.6 Å². The van der Waals surface area contributed by atoms with Gasteiger partial charge in [-0.1, -0.05) is 20.8 Å². The Labute approximate surface area is 147 Å². The highest BCUT2D eigenvalue weighted by Crippen LogP contribution is 2.28. The number of carbonyl (C=O) groups excluding carboxylic acids is 2. The minimum Gasteiger partial charge on any atom is -0.349 e. The van der Waals surface area contributed by atoms with Crippen LogP contribution in [0.4, 0.5) is 0 Å². The van der Waals surface area contributed by atoms with Gasteiger partial charge in [0.1, 0.15) is 6.04 Å². The van der Waals surface area contributed by atoms with Crippen LogP contribution in [0.3, 0.4) is 0 Å². The van der Waals surface area contributed by atoms with E-state index in [1.807, 2.05) is 13.8 Å². The molecule has 24 heavy (non-hydrogen) atoms. The van der Waals surface area contributed by atoms with Gasteiger partial charge in [-0.25, -0.2) is 0 Å². The van der Waals surface area contributed by atoms with Crippen molar-refractivity contribution < 1.29 is 14.5 Å². The van der Waals surface area contributed by atoms with E-state index >= 15 is 0 Å². The maximum absolute atomic E-state index is 12.5. The predicted molar refractivity (Wildman–Crippen MR) is 97.8 cm³/mol. The Bertz CT molecular complexity index is 386. The fourth-order valence-electron chi connectivity index (χ4n) is 3.40. The summed E-state index contributed by atoms with van der Waals surface area (Å²) < 4.78 is 0. The molecule has 1 rings (SSSR count). The van der Waals surface area contributed by atoms with Gasteiger partial charge < -0.3 is 15.5 Å². The quantitative estimate of drug-likeness (QED) is 0.586. The van der Waals surface area contributed by atoms with Gasteiger partial charge in [-0.05, 0) is 51.4 Å². The first-order chi connectivity index (χ1) is 11.4. The normalized spacial score (nSPS) is 22.5. The lowest BCUT2D eigenvalue weighted by Crippen LogP contribution is -3.12. The second-order valence-corrected chi connectivity index (χ2v) is 7.69.